The van der Waals surface area contributed by atoms with Crippen LogP contribution in [0.25, 0.3) is 0 Å². The van der Waals surface area contributed by atoms with Crippen molar-refractivity contribution in [3.05, 3.63) is 0 Å². The molecule has 5 nitrogen and oxygen atoms in total. The minimum atomic E-state index is -0.427. The third kappa shape index (κ3) is 2.85. The molecule has 3 N–H and O–H groups in total. The first-order chi connectivity index (χ1) is 7.07. The van der Waals surface area contributed by atoms with Gasteiger partial charge in [0.2, 0.25) is 0 Å². The van der Waals surface area contributed by atoms with Crippen molar-refractivity contribution in [2.24, 2.45) is 5.73 Å². The van der Waals surface area contributed by atoms with Gasteiger partial charge in [0.05, 0.1) is 6.00 Å². The van der Waals surface area contributed by atoms with Crippen molar-refractivity contribution in [1.82, 2.24) is 9.80 Å². The SMILES string of the molecule is [B]C(OCC)C(N1CCC1)N(C)C(=N)N. The fraction of sp³-hybridized carbons (Fsp3) is 0.889. The molecule has 1 heterocycles. The Kier molecular flexibility index (Phi) is 4.41. The lowest BCUT2D eigenvalue weighted by Gasteiger charge is -2.45. The molecule has 0 aliphatic carbocycles. The first kappa shape index (κ1) is 12.3. The van der Waals surface area contributed by atoms with E-state index in [4.69, 9.17) is 23.7 Å². The van der Waals surface area contributed by atoms with Crippen LogP contribution in [-0.2, 0) is 4.74 Å². The standard InChI is InChI=1S/C9H19BN4O/c1-3-15-7(10)8(13(2)9(11)12)14-5-4-6-14/h7-8H,3-6H2,1-2H3,(H3,11,12). The molecule has 0 aromatic carbocycles. The molecule has 1 aliphatic heterocycles. The number of hydrogen-bond donors (Lipinski definition) is 2. The summed E-state index contributed by atoms with van der Waals surface area (Å²) >= 11 is 0. The third-order valence-corrected chi connectivity index (χ3v) is 2.69. The summed E-state index contributed by atoms with van der Waals surface area (Å²) < 4.78 is 5.37. The van der Waals surface area contributed by atoms with Crippen molar-refractivity contribution in [3.63, 3.8) is 0 Å². The molecule has 2 atom stereocenters. The largest absolute Gasteiger partial charge is 0.385 e. The van der Waals surface area contributed by atoms with E-state index in [9.17, 15) is 0 Å². The fourth-order valence-corrected chi connectivity index (χ4v) is 1.70. The highest BCUT2D eigenvalue weighted by atomic mass is 16.5. The van der Waals surface area contributed by atoms with Crippen LogP contribution in [0.3, 0.4) is 0 Å². The molecule has 0 saturated carbocycles. The zero-order chi connectivity index (χ0) is 11.4. The number of likely N-dealkylation sites (N-methyl/N-ethyl adjacent to an activating group) is 1. The van der Waals surface area contributed by atoms with Gasteiger partial charge in [-0.05, 0) is 13.3 Å². The van der Waals surface area contributed by atoms with Crippen molar-refractivity contribution in [1.29, 1.82) is 5.41 Å². The first-order valence-electron chi connectivity index (χ1n) is 5.26. The number of nitrogens with two attached hydrogens (primary N) is 1. The molecule has 0 bridgehead atoms. The van der Waals surface area contributed by atoms with E-state index in [2.05, 4.69) is 4.90 Å². The predicted molar refractivity (Wildman–Crippen MR) is 60.8 cm³/mol. The smallest absolute Gasteiger partial charge is 0.189 e. The number of nitrogens with zero attached hydrogens (tertiary/aromatic N) is 2. The van der Waals surface area contributed by atoms with Gasteiger partial charge in [-0.3, -0.25) is 10.3 Å². The summed E-state index contributed by atoms with van der Waals surface area (Å²) in [4.78, 5) is 3.82. The van der Waals surface area contributed by atoms with Gasteiger partial charge in [-0.15, -0.1) is 0 Å². The van der Waals surface area contributed by atoms with Crippen molar-refractivity contribution >= 4 is 13.8 Å². The average molecular weight is 210 g/mol. The molecule has 15 heavy (non-hydrogen) atoms. The van der Waals surface area contributed by atoms with E-state index >= 15 is 0 Å². The highest BCUT2D eigenvalue weighted by molar-refractivity contribution is 6.11. The highest BCUT2D eigenvalue weighted by Gasteiger charge is 2.32. The van der Waals surface area contributed by atoms with Gasteiger partial charge < -0.3 is 15.4 Å². The summed E-state index contributed by atoms with van der Waals surface area (Å²) in [5.74, 6) is 0.0158. The van der Waals surface area contributed by atoms with Crippen molar-refractivity contribution in [2.75, 3.05) is 26.7 Å². The second-order valence-corrected chi connectivity index (χ2v) is 3.72. The number of ether oxygens (including phenoxy) is 1. The van der Waals surface area contributed by atoms with Gasteiger partial charge in [0.15, 0.2) is 5.96 Å². The maximum Gasteiger partial charge on any atom is 0.189 e. The molecular formula is C9H19BN4O. The molecule has 2 radical (unpaired) electrons. The van der Waals surface area contributed by atoms with E-state index in [1.54, 1.807) is 11.9 Å². The minimum absolute atomic E-state index is 0.0158. The number of likely N-dealkylation sites (tertiary alicyclic amines) is 1. The van der Waals surface area contributed by atoms with Gasteiger partial charge in [-0.2, -0.15) is 0 Å². The van der Waals surface area contributed by atoms with Crippen molar-refractivity contribution in [3.8, 4) is 0 Å². The topological polar surface area (TPSA) is 65.6 Å². The molecule has 0 spiro atoms. The number of guanidine groups is 1. The van der Waals surface area contributed by atoms with Crippen LogP contribution in [-0.4, -0.2) is 62.5 Å². The van der Waals surface area contributed by atoms with E-state index < -0.39 is 6.00 Å². The summed E-state index contributed by atoms with van der Waals surface area (Å²) in [5.41, 5.74) is 5.46. The van der Waals surface area contributed by atoms with E-state index in [-0.39, 0.29) is 12.1 Å². The van der Waals surface area contributed by atoms with E-state index in [1.807, 2.05) is 6.92 Å². The summed E-state index contributed by atoms with van der Waals surface area (Å²) in [6, 6.07) is -0.427. The number of nitrogens with one attached hydrogen (secondary N) is 1. The molecule has 6 heteroatoms. The minimum Gasteiger partial charge on any atom is -0.385 e. The molecule has 1 rings (SSSR count). The predicted octanol–water partition coefficient (Wildman–Crippen LogP) is -0.625. The molecule has 2 unspecified atom stereocenters. The van der Waals surface area contributed by atoms with E-state index in [0.717, 1.165) is 13.1 Å². The zero-order valence-electron chi connectivity index (χ0n) is 9.44. The maximum absolute atomic E-state index is 7.41. The first-order valence-corrected chi connectivity index (χ1v) is 5.26. The monoisotopic (exact) mass is 210 g/mol. The van der Waals surface area contributed by atoms with Gasteiger partial charge in [0, 0.05) is 26.7 Å². The Hall–Kier alpha value is -0.745. The third-order valence-electron chi connectivity index (χ3n) is 2.69. The van der Waals surface area contributed by atoms with Crippen LogP contribution in [0, 0.1) is 5.41 Å². The Morgan fingerprint density at radius 1 is 1.67 bits per heavy atom. The fourth-order valence-electron chi connectivity index (χ4n) is 1.70. The zero-order valence-corrected chi connectivity index (χ0v) is 9.44. The average Bonchev–Trinajstić information content (AvgIpc) is 2.09. The van der Waals surface area contributed by atoms with Crippen molar-refractivity contribution < 1.29 is 4.74 Å². The quantitative estimate of drug-likeness (QED) is 0.360. The highest BCUT2D eigenvalue weighted by Crippen LogP contribution is 2.17. The summed E-state index contributed by atoms with van der Waals surface area (Å²) in [5, 5.41) is 7.41. The normalized spacial score (nSPS) is 20.4. The number of rotatable bonds is 5. The second-order valence-electron chi connectivity index (χ2n) is 3.72. The molecule has 0 amide bonds. The van der Waals surface area contributed by atoms with Crippen LogP contribution < -0.4 is 5.73 Å². The second kappa shape index (κ2) is 5.37. The lowest BCUT2D eigenvalue weighted by molar-refractivity contribution is -0.0357. The van der Waals surface area contributed by atoms with E-state index in [0.29, 0.717) is 6.61 Å². The van der Waals surface area contributed by atoms with Crippen LogP contribution in [0.2, 0.25) is 0 Å². The van der Waals surface area contributed by atoms with Gasteiger partial charge in [-0.1, -0.05) is 0 Å². The molecule has 1 saturated heterocycles. The van der Waals surface area contributed by atoms with Crippen LogP contribution in [0.1, 0.15) is 13.3 Å². The van der Waals surface area contributed by atoms with Crippen LogP contribution in [0.15, 0.2) is 0 Å². The Balaban J connectivity index is 2.63. The summed E-state index contributed by atoms with van der Waals surface area (Å²) in [6.45, 7) is 4.45. The lowest BCUT2D eigenvalue weighted by Crippen LogP contribution is -2.61. The lowest BCUT2D eigenvalue weighted by atomic mass is 9.93. The van der Waals surface area contributed by atoms with Crippen LogP contribution >= 0.6 is 0 Å². The molecule has 1 fully saturated rings. The Bertz CT molecular complexity index is 222. The molecule has 0 aromatic rings. The van der Waals surface area contributed by atoms with Crippen LogP contribution in [0.4, 0.5) is 0 Å². The summed E-state index contributed by atoms with van der Waals surface area (Å²) in [6.07, 6.45) is 1.04. The number of hydrogen-bond acceptors (Lipinski definition) is 3. The molecule has 1 aliphatic rings. The van der Waals surface area contributed by atoms with Crippen LogP contribution in [0.5, 0.6) is 0 Å². The molecular weight excluding hydrogens is 191 g/mol. The Labute approximate surface area is 92.5 Å². The summed E-state index contributed by atoms with van der Waals surface area (Å²) in [7, 11) is 7.69. The molecule has 0 aromatic heterocycles. The Morgan fingerprint density at radius 2 is 2.27 bits per heavy atom. The van der Waals surface area contributed by atoms with Gasteiger partial charge in [0.25, 0.3) is 0 Å². The van der Waals surface area contributed by atoms with Gasteiger partial charge >= 0.3 is 0 Å². The molecule has 84 valence electrons. The van der Waals surface area contributed by atoms with Gasteiger partial charge in [0.1, 0.15) is 14.0 Å². The maximum atomic E-state index is 7.41. The Morgan fingerprint density at radius 3 is 2.60 bits per heavy atom. The van der Waals surface area contributed by atoms with E-state index in [1.165, 1.54) is 6.42 Å². The van der Waals surface area contributed by atoms with Gasteiger partial charge in [-0.25, -0.2) is 0 Å². The van der Waals surface area contributed by atoms with Crippen molar-refractivity contribution in [2.45, 2.75) is 25.5 Å².